The van der Waals surface area contributed by atoms with Crippen LogP contribution >= 0.6 is 0 Å². The Hall–Kier alpha value is -1.68. The fourth-order valence-corrected chi connectivity index (χ4v) is 6.09. The smallest absolute Gasteiger partial charge is 0.668 e. The molecule has 1 fully saturated rings. The predicted molar refractivity (Wildman–Crippen MR) is 163 cm³/mol. The van der Waals surface area contributed by atoms with Gasteiger partial charge in [-0.1, -0.05) is 156 Å². The topological polar surface area (TPSA) is 40.9 Å². The molecule has 1 N–H and O–H groups in total. The van der Waals surface area contributed by atoms with E-state index in [2.05, 4.69) is 94.4 Å². The molecule has 2 aromatic rings. The predicted octanol–water partition coefficient (Wildman–Crippen LogP) is 8.28. The van der Waals surface area contributed by atoms with Crippen LogP contribution in [0.25, 0.3) is 5.73 Å². The average Bonchev–Trinajstić information content (AvgIpc) is 3.11. The first-order valence-electron chi connectivity index (χ1n) is 14.4. The number of allylic oxidation sites excluding steroid dienone is 4. The number of carbonyl (C=O) groups excluding carboxylic acids is 1. The molecule has 0 spiro atoms. The molecule has 4 heteroatoms. The summed E-state index contributed by atoms with van der Waals surface area (Å²) < 4.78 is 0. The Morgan fingerprint density at radius 3 is 1.42 bits per heavy atom. The Kier molecular flexibility index (Phi) is 18.3. The summed E-state index contributed by atoms with van der Waals surface area (Å²) in [6.07, 6.45) is 16.8. The van der Waals surface area contributed by atoms with Gasteiger partial charge in [-0.2, -0.15) is 11.1 Å². The Morgan fingerprint density at radius 1 is 0.737 bits per heavy atom. The van der Waals surface area contributed by atoms with Crippen molar-refractivity contribution in [3.8, 4) is 0 Å². The number of hydrogen-bond donors (Lipinski definition) is 0. The van der Waals surface area contributed by atoms with E-state index in [4.69, 9.17) is 5.73 Å². The monoisotopic (exact) mass is 562 g/mol. The molecule has 0 saturated heterocycles. The zero-order chi connectivity index (χ0) is 26.9. The van der Waals surface area contributed by atoms with E-state index in [0.717, 1.165) is 25.7 Å². The maximum atomic E-state index is 11.1. The van der Waals surface area contributed by atoms with Crippen LogP contribution in [0.2, 0.25) is 0 Å². The molecule has 1 saturated carbocycles. The Morgan fingerprint density at radius 2 is 1.13 bits per heavy atom. The summed E-state index contributed by atoms with van der Waals surface area (Å²) in [6.45, 7) is 8.67. The molecule has 1 radical (unpaired) electrons. The third kappa shape index (κ3) is 13.9. The second kappa shape index (κ2) is 20.3. The first-order chi connectivity index (χ1) is 17.9. The van der Waals surface area contributed by atoms with Crippen LogP contribution in [0.1, 0.15) is 98.3 Å². The van der Waals surface area contributed by atoms with Crippen LogP contribution in [0, 0.1) is 17.9 Å². The molecular weight excluding hydrogens is 514 g/mol. The van der Waals surface area contributed by atoms with Crippen LogP contribution in [0.4, 0.5) is 0 Å². The molecule has 0 heterocycles. The van der Waals surface area contributed by atoms with Crippen molar-refractivity contribution >= 4 is 25.8 Å². The largest absolute Gasteiger partial charge is 2.00 e. The van der Waals surface area contributed by atoms with Crippen molar-refractivity contribution < 1.29 is 26.5 Å². The van der Waals surface area contributed by atoms with Gasteiger partial charge in [0, 0.05) is 5.92 Å². The zero-order valence-corrected chi connectivity index (χ0v) is 26.9. The molecule has 4 rings (SSSR count). The quantitative estimate of drug-likeness (QED) is 0.274. The first-order valence-corrected chi connectivity index (χ1v) is 15.5. The minimum Gasteiger partial charge on any atom is -0.668 e. The molecule has 38 heavy (non-hydrogen) atoms. The van der Waals surface area contributed by atoms with Crippen LogP contribution in [0.3, 0.4) is 0 Å². The van der Waals surface area contributed by atoms with Gasteiger partial charge in [-0.05, 0) is 12.8 Å². The van der Waals surface area contributed by atoms with Gasteiger partial charge < -0.3 is 10.5 Å². The van der Waals surface area contributed by atoms with E-state index >= 15 is 0 Å². The second-order valence-corrected chi connectivity index (χ2v) is 12.2. The van der Waals surface area contributed by atoms with Crippen molar-refractivity contribution in [2.24, 2.45) is 11.8 Å². The van der Waals surface area contributed by atoms with E-state index in [9.17, 15) is 4.79 Å². The maximum absolute atomic E-state index is 11.1. The molecule has 0 bridgehead atoms. The van der Waals surface area contributed by atoms with Gasteiger partial charge in [0.15, 0.2) is 0 Å². The summed E-state index contributed by atoms with van der Waals surface area (Å²) in [6, 6.07) is 21.3. The summed E-state index contributed by atoms with van der Waals surface area (Å²) >= 11 is 0. The molecule has 1 atom stereocenters. The number of rotatable bonds is 3. The molecule has 2 aromatic carbocycles. The minimum absolute atomic E-state index is 0. The van der Waals surface area contributed by atoms with Crippen molar-refractivity contribution in [1.29, 1.82) is 0 Å². The summed E-state index contributed by atoms with van der Waals surface area (Å²) in [5.41, 5.74) is 11.5. The van der Waals surface area contributed by atoms with E-state index in [1.807, 2.05) is 0 Å². The van der Waals surface area contributed by atoms with E-state index < -0.39 is 0 Å². The molecule has 2 aliphatic rings. The summed E-state index contributed by atoms with van der Waals surface area (Å²) in [7, 11) is 0.271. The van der Waals surface area contributed by atoms with Crippen molar-refractivity contribution in [2.75, 3.05) is 0 Å². The van der Waals surface area contributed by atoms with Gasteiger partial charge in [0.25, 0.3) is 0 Å². The normalized spacial score (nSPS) is 18.7. The van der Waals surface area contributed by atoms with Gasteiger partial charge in [-0.25, -0.2) is 5.57 Å². The molecule has 203 valence electrons. The molecule has 2 nitrogen and oxygen atoms in total. The zero-order valence-electron chi connectivity index (χ0n) is 24.2. The molecule has 2 aliphatic carbocycles. The number of hydrogen-bond acceptors (Lipinski definition) is 1. The van der Waals surface area contributed by atoms with Gasteiger partial charge in [-0.3, -0.25) is 6.08 Å². The Labute approximate surface area is 250 Å². The van der Waals surface area contributed by atoms with Gasteiger partial charge >= 0.3 is 21.7 Å². The van der Waals surface area contributed by atoms with E-state index in [1.165, 1.54) is 72.0 Å². The van der Waals surface area contributed by atoms with Gasteiger partial charge in [0.05, 0.1) is 5.91 Å². The summed E-state index contributed by atoms with van der Waals surface area (Å²) in [4.78, 5) is 11.1. The van der Waals surface area contributed by atoms with Crippen LogP contribution in [-0.2, 0) is 26.5 Å². The second-order valence-electron chi connectivity index (χ2n) is 10.6. The molecule has 1 unspecified atom stereocenters. The van der Waals surface area contributed by atoms with Crippen molar-refractivity contribution in [3.05, 3.63) is 89.2 Å². The standard InChI is InChI=1S/C13H25NO.C12H11Si.C9H13.Ti/c14-13(15)12-10-8-6-4-2-1-3-5-7-9-11-12;1-3-7-11(8-4-1)13-12-9-5-2-6-10-12;1-6-5-7(2)9(4)8(6)3;/h12H,1-11H2,(H2,14,15);1-10,13H;6H,1-4H3;/q;;-1;+2/p-1. The number of carbonyl (C=O) groups is 1. The first kappa shape index (κ1) is 34.3. The molecular formula is C34H48NOSiTi. The summed E-state index contributed by atoms with van der Waals surface area (Å²) in [5.74, 6) is 0.279. The van der Waals surface area contributed by atoms with Crippen molar-refractivity contribution in [2.45, 2.75) is 98.3 Å². The SMILES string of the molecule is CC1=[C-]C(C)C(C)=C1C.[NH-]C(=O)C1CCCCCCCCCCC1.[Ti+2].c1ccc([SiH]c2ccccc2)cc1. The molecule has 1 amide bonds. The fourth-order valence-electron chi connectivity index (χ4n) is 4.88. The van der Waals surface area contributed by atoms with Crippen LogP contribution in [0.15, 0.2) is 77.4 Å². The molecule has 0 aliphatic heterocycles. The van der Waals surface area contributed by atoms with Crippen LogP contribution in [0.5, 0.6) is 0 Å². The minimum atomic E-state index is -0.327. The third-order valence-electron chi connectivity index (χ3n) is 7.64. The van der Waals surface area contributed by atoms with Gasteiger partial charge in [0.2, 0.25) is 0 Å². The van der Waals surface area contributed by atoms with E-state index in [-0.39, 0.29) is 43.1 Å². The number of amides is 1. The number of nitrogens with one attached hydrogen (secondary N) is 1. The van der Waals surface area contributed by atoms with Crippen LogP contribution < -0.4 is 10.4 Å². The number of benzene rings is 2. The fraction of sp³-hybridized carbons (Fsp3) is 0.500. The average molecular weight is 563 g/mol. The maximum Gasteiger partial charge on any atom is 2.00 e. The van der Waals surface area contributed by atoms with E-state index in [0.29, 0.717) is 5.92 Å². The van der Waals surface area contributed by atoms with Crippen LogP contribution in [-0.4, -0.2) is 15.4 Å². The Bertz CT molecular complexity index is 921. The Balaban J connectivity index is 0.000000289. The van der Waals surface area contributed by atoms with Crippen molar-refractivity contribution in [3.63, 3.8) is 0 Å². The van der Waals surface area contributed by atoms with Gasteiger partial charge in [-0.15, -0.1) is 6.92 Å². The summed E-state index contributed by atoms with van der Waals surface area (Å²) in [5, 5.41) is 2.90. The van der Waals surface area contributed by atoms with Crippen molar-refractivity contribution in [1.82, 2.24) is 0 Å². The molecule has 0 aromatic heterocycles. The van der Waals surface area contributed by atoms with Gasteiger partial charge in [0.1, 0.15) is 9.52 Å². The van der Waals surface area contributed by atoms with E-state index in [1.54, 1.807) is 0 Å². The third-order valence-corrected chi connectivity index (χ3v) is 9.08.